The van der Waals surface area contributed by atoms with E-state index in [1.165, 1.54) is 24.1 Å². The number of aliphatic hydroxyl groups excluding tert-OH is 1. The average molecular weight is 525 g/mol. The number of amides is 1. The number of aliphatic hydroxyl groups is 1. The third kappa shape index (κ3) is 6.52. The number of carbonyl (C=O) groups is 2. The number of ether oxygens (including phenoxy) is 2. The average Bonchev–Trinajstić information content (AvgIpc) is 3.01. The molecule has 0 saturated carbocycles. The molecular formula is C23H33N4O8P. The van der Waals surface area contributed by atoms with Gasteiger partial charge < -0.3 is 35.1 Å². The predicted molar refractivity (Wildman–Crippen MR) is 130 cm³/mol. The van der Waals surface area contributed by atoms with Crippen molar-refractivity contribution in [3.8, 4) is 5.75 Å². The van der Waals surface area contributed by atoms with Crippen molar-refractivity contribution in [3.63, 3.8) is 0 Å². The summed E-state index contributed by atoms with van der Waals surface area (Å²) >= 11 is 0. The van der Waals surface area contributed by atoms with Gasteiger partial charge in [0.25, 0.3) is 5.91 Å². The second-order valence-electron chi connectivity index (χ2n) is 9.03. The molecule has 198 valence electrons. The van der Waals surface area contributed by atoms with E-state index in [2.05, 4.69) is 17.0 Å². The highest BCUT2D eigenvalue weighted by Gasteiger charge is 2.54. The van der Waals surface area contributed by atoms with Crippen molar-refractivity contribution in [2.75, 3.05) is 6.61 Å². The van der Waals surface area contributed by atoms with Crippen LogP contribution in [0.25, 0.3) is 0 Å². The summed E-state index contributed by atoms with van der Waals surface area (Å²) in [7, 11) is -4.17. The summed E-state index contributed by atoms with van der Waals surface area (Å²) in [6, 6.07) is 7.24. The number of rotatable bonds is 10. The molecule has 0 unspecified atom stereocenters. The highest BCUT2D eigenvalue weighted by Crippen LogP contribution is 2.46. The molecule has 0 bridgehead atoms. The number of esters is 1. The van der Waals surface area contributed by atoms with E-state index in [1.54, 1.807) is 51.1 Å². The van der Waals surface area contributed by atoms with E-state index in [-0.39, 0.29) is 23.6 Å². The zero-order chi connectivity index (χ0) is 26.7. The van der Waals surface area contributed by atoms with Gasteiger partial charge in [-0.3, -0.25) is 14.1 Å². The molecule has 5 N–H and O–H groups in total. The lowest BCUT2D eigenvalue weighted by Gasteiger charge is -2.37. The molecule has 0 aromatic heterocycles. The van der Waals surface area contributed by atoms with Crippen LogP contribution in [0.3, 0.4) is 0 Å². The van der Waals surface area contributed by atoms with Crippen molar-refractivity contribution in [3.05, 3.63) is 55.0 Å². The smallest absolute Gasteiger partial charge is 0.459 e. The third-order valence-corrected chi connectivity index (χ3v) is 7.12. The maximum atomic E-state index is 13.7. The topological polar surface area (TPSA) is 162 Å². The van der Waals surface area contributed by atoms with Gasteiger partial charge in [0, 0.05) is 12.3 Å². The molecule has 12 nitrogen and oxygen atoms in total. The molecule has 1 aromatic carbocycles. The predicted octanol–water partition coefficient (Wildman–Crippen LogP) is 1.34. The van der Waals surface area contributed by atoms with Crippen LogP contribution in [0.2, 0.25) is 0 Å². The second-order valence-corrected chi connectivity index (χ2v) is 10.7. The summed E-state index contributed by atoms with van der Waals surface area (Å²) in [4.78, 5) is 25.4. The van der Waals surface area contributed by atoms with Crippen molar-refractivity contribution in [1.82, 2.24) is 15.3 Å². The second kappa shape index (κ2) is 11.1. The van der Waals surface area contributed by atoms with Crippen LogP contribution in [0.5, 0.6) is 5.75 Å². The molecule has 1 fully saturated rings. The Bertz CT molecular complexity index is 1050. The largest absolute Gasteiger partial charge is 0.462 e. The number of hydrogen-bond acceptors (Lipinski definition) is 10. The van der Waals surface area contributed by atoms with E-state index < -0.39 is 50.3 Å². The van der Waals surface area contributed by atoms with Gasteiger partial charge in [0.15, 0.2) is 6.23 Å². The van der Waals surface area contributed by atoms with E-state index in [1.807, 2.05) is 0 Å². The van der Waals surface area contributed by atoms with Crippen LogP contribution in [-0.4, -0.2) is 64.6 Å². The van der Waals surface area contributed by atoms with Gasteiger partial charge in [-0.1, -0.05) is 24.8 Å². The van der Waals surface area contributed by atoms with E-state index in [0.717, 1.165) is 0 Å². The van der Waals surface area contributed by atoms with E-state index in [0.29, 0.717) is 0 Å². The quantitative estimate of drug-likeness (QED) is 0.258. The van der Waals surface area contributed by atoms with Crippen LogP contribution in [0, 0.1) is 0 Å². The summed E-state index contributed by atoms with van der Waals surface area (Å²) in [5.41, 5.74) is 5.05. The number of para-hydroxylation sites is 1. The molecule has 1 saturated heterocycles. The van der Waals surface area contributed by atoms with Gasteiger partial charge in [0.1, 0.15) is 29.8 Å². The number of nitrogens with one attached hydrogen (secondary N) is 2. The fraction of sp³-hybridized carbons (Fsp3) is 0.478. The number of hydrogen-bond donors (Lipinski definition) is 4. The van der Waals surface area contributed by atoms with Crippen molar-refractivity contribution < 1.29 is 37.8 Å². The van der Waals surface area contributed by atoms with E-state index >= 15 is 0 Å². The molecule has 0 radical (unpaired) electrons. The number of benzene rings is 1. The first-order chi connectivity index (χ1) is 16.8. The van der Waals surface area contributed by atoms with Crippen molar-refractivity contribution >= 4 is 19.6 Å². The summed E-state index contributed by atoms with van der Waals surface area (Å²) in [5, 5.41) is 16.0. The molecule has 36 heavy (non-hydrogen) atoms. The maximum Gasteiger partial charge on any atom is 0.459 e. The number of nitrogens with two attached hydrogens (primary N) is 1. The minimum absolute atomic E-state index is 0.218. The Morgan fingerprint density at radius 1 is 1.36 bits per heavy atom. The van der Waals surface area contributed by atoms with Crippen LogP contribution in [-0.2, 0) is 28.2 Å². The molecule has 1 aromatic rings. The van der Waals surface area contributed by atoms with Gasteiger partial charge in [-0.15, -0.1) is 0 Å². The van der Waals surface area contributed by atoms with Crippen LogP contribution in [0.4, 0.5) is 0 Å². The fourth-order valence-electron chi connectivity index (χ4n) is 3.64. The van der Waals surface area contributed by atoms with Crippen molar-refractivity contribution in [2.24, 2.45) is 5.73 Å². The van der Waals surface area contributed by atoms with E-state index in [4.69, 9.17) is 24.3 Å². The molecule has 13 heteroatoms. The van der Waals surface area contributed by atoms with Crippen LogP contribution < -0.4 is 20.7 Å². The molecule has 1 amide bonds. The summed E-state index contributed by atoms with van der Waals surface area (Å²) in [6.07, 6.45) is -0.867. The maximum absolute atomic E-state index is 13.7. The Hall–Kier alpha value is -2.73. The Labute approximate surface area is 210 Å². The van der Waals surface area contributed by atoms with Gasteiger partial charge in [0.05, 0.1) is 18.2 Å². The fourth-order valence-corrected chi connectivity index (χ4v) is 5.14. The highest BCUT2D eigenvalue weighted by atomic mass is 31.2. The molecule has 0 spiro atoms. The highest BCUT2D eigenvalue weighted by molar-refractivity contribution is 7.52. The molecule has 0 aliphatic carbocycles. The minimum Gasteiger partial charge on any atom is -0.462 e. The van der Waals surface area contributed by atoms with E-state index in [9.17, 15) is 19.3 Å². The van der Waals surface area contributed by atoms with Crippen LogP contribution >= 0.6 is 7.75 Å². The summed E-state index contributed by atoms with van der Waals surface area (Å²) in [6.45, 7) is 9.81. The first kappa shape index (κ1) is 27.9. The summed E-state index contributed by atoms with van der Waals surface area (Å²) in [5.74, 6) is -0.550. The molecule has 3 rings (SSSR count). The molecule has 2 aliphatic rings. The van der Waals surface area contributed by atoms with Crippen LogP contribution in [0.1, 0.15) is 27.7 Å². The Balaban J connectivity index is 1.76. The van der Waals surface area contributed by atoms with Gasteiger partial charge in [-0.2, -0.15) is 5.09 Å². The number of nitrogens with zero attached hydrogens (tertiary/aromatic N) is 1. The SMILES string of the molecule is C=C1NC(=O)C=CN1[C@@H]1O[C@H](CO[P@](=O)(N[C@@H](C)C(=O)OC(C)C)Oc2ccccc2)[C@@H](O)[C@@]1(C)N. The van der Waals surface area contributed by atoms with Gasteiger partial charge in [0.2, 0.25) is 0 Å². The Morgan fingerprint density at radius 2 is 2.03 bits per heavy atom. The zero-order valence-corrected chi connectivity index (χ0v) is 21.5. The third-order valence-electron chi connectivity index (χ3n) is 5.48. The monoisotopic (exact) mass is 524 g/mol. The number of carbonyl (C=O) groups excluding carboxylic acids is 2. The lowest BCUT2D eigenvalue weighted by atomic mass is 9.93. The normalized spacial score (nSPS) is 28.5. The molecule has 6 atom stereocenters. The molecular weight excluding hydrogens is 491 g/mol. The lowest BCUT2D eigenvalue weighted by molar-refractivity contribution is -0.149. The Kier molecular flexibility index (Phi) is 8.60. The zero-order valence-electron chi connectivity index (χ0n) is 20.6. The van der Waals surface area contributed by atoms with Crippen molar-refractivity contribution in [1.29, 1.82) is 0 Å². The Morgan fingerprint density at radius 3 is 2.64 bits per heavy atom. The van der Waals surface area contributed by atoms with Crippen LogP contribution in [0.15, 0.2) is 55.0 Å². The minimum atomic E-state index is -4.17. The first-order valence-corrected chi connectivity index (χ1v) is 12.9. The summed E-state index contributed by atoms with van der Waals surface area (Å²) < 4.78 is 36.0. The lowest BCUT2D eigenvalue weighted by Crippen LogP contribution is -2.59. The van der Waals surface area contributed by atoms with Gasteiger partial charge in [-0.05, 0) is 39.8 Å². The standard InChI is InChI=1S/C23H33N4O8P/c1-14(2)33-21(30)15(3)26-36(31,35-17-9-7-6-8-10-17)32-13-18-20(29)23(5,24)22(34-18)27-12-11-19(28)25-16(27)4/h6-12,14-15,18,20,22,29H,4,13,24H2,1-3,5H3,(H,25,28)(H,26,31)/t15-,18+,20+,22+,23+,36+/m0/s1. The van der Waals surface area contributed by atoms with Gasteiger partial charge >= 0.3 is 13.7 Å². The van der Waals surface area contributed by atoms with Gasteiger partial charge in [-0.25, -0.2) is 4.57 Å². The first-order valence-electron chi connectivity index (χ1n) is 11.4. The molecule has 2 heterocycles. The van der Waals surface area contributed by atoms with Crippen molar-refractivity contribution in [2.45, 2.75) is 63.8 Å². The molecule has 2 aliphatic heterocycles.